The van der Waals surface area contributed by atoms with Crippen molar-refractivity contribution in [1.82, 2.24) is 5.32 Å². The molecule has 6 nitrogen and oxygen atoms in total. The minimum absolute atomic E-state index is 0.287. The highest BCUT2D eigenvalue weighted by Gasteiger charge is 2.17. The topological polar surface area (TPSA) is 67.2 Å². The second kappa shape index (κ2) is 7.94. The summed E-state index contributed by atoms with van der Waals surface area (Å²) in [5, 5.41) is 8.77. The Balaban J connectivity index is 1.28. The molecule has 2 aliphatic heterocycles. The molecule has 0 saturated carbocycles. The van der Waals surface area contributed by atoms with Crippen molar-refractivity contribution in [3.63, 3.8) is 0 Å². The Morgan fingerprint density at radius 1 is 1.22 bits per heavy atom. The van der Waals surface area contributed by atoms with Crippen LogP contribution in [-0.2, 0) is 6.54 Å². The molecule has 0 fully saturated rings. The maximum absolute atomic E-state index is 5.87. The van der Waals surface area contributed by atoms with E-state index in [1.807, 2.05) is 49.4 Å². The Hall–Kier alpha value is -2.64. The molecule has 2 aromatic rings. The average Bonchev–Trinajstić information content (AvgIpc) is 3.11. The first-order valence-electron chi connectivity index (χ1n) is 8.32. The molecule has 0 aromatic heterocycles. The van der Waals surface area contributed by atoms with Gasteiger partial charge in [0.15, 0.2) is 21.8 Å². The number of fused-ring (bicyclic) bond motifs is 1. The molecule has 0 amide bonds. The smallest absolute Gasteiger partial charge is 0.231 e. The number of amidine groups is 2. The Morgan fingerprint density at radius 2 is 2.00 bits per heavy atom. The number of hydrogen-bond donors (Lipinski definition) is 2. The van der Waals surface area contributed by atoms with E-state index in [0.717, 1.165) is 38.8 Å². The Kier molecular flexibility index (Phi) is 5.22. The van der Waals surface area contributed by atoms with Gasteiger partial charge in [0.25, 0.3) is 0 Å². The fourth-order valence-electron chi connectivity index (χ4n) is 2.44. The van der Waals surface area contributed by atoms with Gasteiger partial charge in [0.1, 0.15) is 0 Å². The van der Waals surface area contributed by atoms with Crippen molar-refractivity contribution < 1.29 is 9.47 Å². The zero-order valence-electron chi connectivity index (χ0n) is 14.5. The first kappa shape index (κ1) is 17.8. The van der Waals surface area contributed by atoms with E-state index < -0.39 is 0 Å². The van der Waals surface area contributed by atoms with Gasteiger partial charge < -0.3 is 20.1 Å². The van der Waals surface area contributed by atoms with Crippen LogP contribution in [0.4, 0.5) is 5.69 Å². The summed E-state index contributed by atoms with van der Waals surface area (Å²) in [6.07, 6.45) is 1.78. The van der Waals surface area contributed by atoms with E-state index >= 15 is 0 Å². The van der Waals surface area contributed by atoms with Gasteiger partial charge in [-0.15, -0.1) is 0 Å². The third-order valence-corrected chi connectivity index (χ3v) is 4.88. The first-order chi connectivity index (χ1) is 13.2. The molecule has 0 bridgehead atoms. The van der Waals surface area contributed by atoms with Crippen LogP contribution >= 0.6 is 23.4 Å². The quantitative estimate of drug-likeness (QED) is 0.768. The van der Waals surface area contributed by atoms with Gasteiger partial charge in [-0.05, 0) is 60.6 Å². The summed E-state index contributed by atoms with van der Waals surface area (Å²) in [4.78, 5) is 8.72. The van der Waals surface area contributed by atoms with Crippen molar-refractivity contribution in [3.05, 3.63) is 64.9 Å². The van der Waals surface area contributed by atoms with E-state index in [1.54, 1.807) is 6.20 Å². The molecule has 0 atom stereocenters. The molecule has 2 aliphatic rings. The molecule has 2 heterocycles. The van der Waals surface area contributed by atoms with Crippen molar-refractivity contribution in [3.8, 4) is 11.5 Å². The largest absolute Gasteiger partial charge is 0.454 e. The monoisotopic (exact) mass is 400 g/mol. The van der Waals surface area contributed by atoms with Crippen molar-refractivity contribution in [1.29, 1.82) is 0 Å². The predicted molar refractivity (Wildman–Crippen MR) is 111 cm³/mol. The van der Waals surface area contributed by atoms with Crippen LogP contribution in [-0.4, -0.2) is 17.1 Å². The van der Waals surface area contributed by atoms with E-state index in [4.69, 9.17) is 21.1 Å². The lowest BCUT2D eigenvalue weighted by molar-refractivity contribution is 0.174. The SMILES string of the molecule is CC(=CN=C1N=C(Nc2ccc(Cl)cc2)S1)NCc1ccc2c(c1)OCO2. The molecule has 138 valence electrons. The van der Waals surface area contributed by atoms with Gasteiger partial charge in [0.2, 0.25) is 6.79 Å². The molecular formula is C19H17ClN4O2S. The summed E-state index contributed by atoms with van der Waals surface area (Å²) in [7, 11) is 0. The Labute approximate surface area is 166 Å². The van der Waals surface area contributed by atoms with Gasteiger partial charge in [-0.1, -0.05) is 17.7 Å². The number of ether oxygens (including phenoxy) is 2. The third kappa shape index (κ3) is 4.56. The number of nitrogens with one attached hydrogen (secondary N) is 2. The molecule has 8 heteroatoms. The molecule has 0 saturated heterocycles. The summed E-state index contributed by atoms with van der Waals surface area (Å²) in [5.74, 6) is 1.58. The third-order valence-electron chi connectivity index (χ3n) is 3.86. The highest BCUT2D eigenvalue weighted by atomic mass is 35.5. The summed E-state index contributed by atoms with van der Waals surface area (Å²) in [6, 6.07) is 13.4. The summed E-state index contributed by atoms with van der Waals surface area (Å²) in [5.41, 5.74) is 3.02. The lowest BCUT2D eigenvalue weighted by Crippen LogP contribution is -2.19. The molecule has 27 heavy (non-hydrogen) atoms. The second-order valence-electron chi connectivity index (χ2n) is 5.92. The predicted octanol–water partition coefficient (Wildman–Crippen LogP) is 4.59. The number of benzene rings is 2. The molecule has 4 rings (SSSR count). The fraction of sp³-hybridized carbons (Fsp3) is 0.158. The highest BCUT2D eigenvalue weighted by molar-refractivity contribution is 8.29. The number of halogens is 1. The van der Waals surface area contributed by atoms with E-state index in [9.17, 15) is 0 Å². The number of rotatable bonds is 5. The van der Waals surface area contributed by atoms with Crippen LogP contribution < -0.4 is 20.1 Å². The number of allylic oxidation sites excluding steroid dienone is 1. The van der Waals surface area contributed by atoms with Crippen molar-refractivity contribution in [2.45, 2.75) is 13.5 Å². The zero-order valence-corrected chi connectivity index (χ0v) is 16.1. The number of anilines is 1. The minimum Gasteiger partial charge on any atom is -0.454 e. The maximum atomic E-state index is 5.87. The average molecular weight is 401 g/mol. The first-order valence-corrected chi connectivity index (χ1v) is 9.51. The number of nitrogens with zero attached hydrogens (tertiary/aromatic N) is 2. The van der Waals surface area contributed by atoms with Crippen LogP contribution in [0.1, 0.15) is 12.5 Å². The number of thioether (sulfide) groups is 1. The maximum Gasteiger partial charge on any atom is 0.231 e. The van der Waals surface area contributed by atoms with E-state index in [1.165, 1.54) is 11.8 Å². The highest BCUT2D eigenvalue weighted by Crippen LogP contribution is 2.32. The van der Waals surface area contributed by atoms with Crippen LogP contribution in [0.2, 0.25) is 5.02 Å². The summed E-state index contributed by atoms with van der Waals surface area (Å²) < 4.78 is 10.7. The molecule has 0 spiro atoms. The van der Waals surface area contributed by atoms with Crippen LogP contribution in [0, 0.1) is 0 Å². The van der Waals surface area contributed by atoms with Crippen LogP contribution in [0.15, 0.2) is 64.3 Å². The summed E-state index contributed by atoms with van der Waals surface area (Å²) in [6.45, 7) is 2.94. The fourth-order valence-corrected chi connectivity index (χ4v) is 3.15. The van der Waals surface area contributed by atoms with Gasteiger partial charge in [-0.25, -0.2) is 4.99 Å². The van der Waals surface area contributed by atoms with Crippen LogP contribution in [0.25, 0.3) is 0 Å². The van der Waals surface area contributed by atoms with Crippen LogP contribution in [0.3, 0.4) is 0 Å². The van der Waals surface area contributed by atoms with Crippen molar-refractivity contribution in [2.75, 3.05) is 12.1 Å². The van der Waals surface area contributed by atoms with Crippen LogP contribution in [0.5, 0.6) is 11.5 Å². The van der Waals surface area contributed by atoms with E-state index in [2.05, 4.69) is 20.6 Å². The molecule has 0 unspecified atom stereocenters. The minimum atomic E-state index is 0.287. The van der Waals surface area contributed by atoms with Crippen molar-refractivity contribution in [2.24, 2.45) is 9.98 Å². The van der Waals surface area contributed by atoms with Crippen molar-refractivity contribution >= 4 is 39.4 Å². The Bertz CT molecular complexity index is 941. The van der Waals surface area contributed by atoms with Gasteiger partial charge in [0.05, 0.1) is 0 Å². The summed E-state index contributed by atoms with van der Waals surface area (Å²) >= 11 is 7.37. The lowest BCUT2D eigenvalue weighted by Gasteiger charge is -2.15. The molecule has 2 N–H and O–H groups in total. The molecular weight excluding hydrogens is 384 g/mol. The van der Waals surface area contributed by atoms with E-state index in [0.29, 0.717) is 11.6 Å². The zero-order chi connectivity index (χ0) is 18.6. The lowest BCUT2D eigenvalue weighted by atomic mass is 10.2. The Morgan fingerprint density at radius 3 is 2.81 bits per heavy atom. The van der Waals surface area contributed by atoms with Gasteiger partial charge in [-0.3, -0.25) is 0 Å². The molecule has 2 aromatic carbocycles. The van der Waals surface area contributed by atoms with Gasteiger partial charge in [-0.2, -0.15) is 4.99 Å². The second-order valence-corrected chi connectivity index (χ2v) is 7.31. The normalized spacial score (nSPS) is 16.7. The van der Waals surface area contributed by atoms with E-state index in [-0.39, 0.29) is 6.79 Å². The molecule has 0 aliphatic carbocycles. The molecule has 0 radical (unpaired) electrons. The number of hydrogen-bond acceptors (Lipinski definition) is 6. The standard InChI is InChI=1S/C19H17ClN4O2S/c1-12(21-10-13-2-7-16-17(8-13)26-11-25-16)9-22-18-24-19(27-18)23-15-5-3-14(20)4-6-15/h2-9,21H,10-11H2,1H3,(H,22,23,24). The number of aliphatic imine (C=N–C) groups is 2. The van der Waals surface area contributed by atoms with Gasteiger partial charge >= 0.3 is 0 Å². The van der Waals surface area contributed by atoms with Gasteiger partial charge in [0, 0.05) is 29.2 Å².